The van der Waals surface area contributed by atoms with Gasteiger partial charge in [-0.15, -0.1) is 10.2 Å². The van der Waals surface area contributed by atoms with Gasteiger partial charge in [-0.2, -0.15) is 5.26 Å². The van der Waals surface area contributed by atoms with Gasteiger partial charge in [0.15, 0.2) is 11.0 Å². The molecule has 2 aliphatic rings. The van der Waals surface area contributed by atoms with Gasteiger partial charge < -0.3 is 4.90 Å². The molecule has 29 heavy (non-hydrogen) atoms. The van der Waals surface area contributed by atoms with Crippen LogP contribution in [-0.4, -0.2) is 48.4 Å². The van der Waals surface area contributed by atoms with E-state index in [1.807, 2.05) is 19.1 Å². The summed E-state index contributed by atoms with van der Waals surface area (Å²) in [7, 11) is 1.78. The quantitative estimate of drug-likeness (QED) is 0.672. The van der Waals surface area contributed by atoms with Gasteiger partial charge in [0, 0.05) is 31.0 Å². The second-order valence-corrected chi connectivity index (χ2v) is 9.32. The fraction of sp³-hybridized carbons (Fsp3) is 0.571. The first-order chi connectivity index (χ1) is 14.1. The molecule has 1 atom stereocenters. The minimum Gasteiger partial charge on any atom is -0.326 e. The monoisotopic (exact) mass is 410 g/mol. The van der Waals surface area contributed by atoms with Crippen molar-refractivity contribution in [1.82, 2.24) is 24.6 Å². The molecule has 2 heterocycles. The van der Waals surface area contributed by atoms with Crippen LogP contribution in [0.2, 0.25) is 0 Å². The SMILES string of the molecule is C[C@H](Sc1nnc(-c2cccnc2)n1C1CC1)C(=O)N(C)C1(C#N)CCCCC1. The normalized spacial score (nSPS) is 19.3. The predicted octanol–water partition coefficient (Wildman–Crippen LogP) is 3.84. The third kappa shape index (κ3) is 3.88. The van der Waals surface area contributed by atoms with Crippen LogP contribution in [0.1, 0.15) is 57.9 Å². The number of hydrogen-bond donors (Lipinski definition) is 0. The maximum absolute atomic E-state index is 13.2. The first-order valence-electron chi connectivity index (χ1n) is 10.3. The molecular weight excluding hydrogens is 384 g/mol. The molecule has 0 spiro atoms. The van der Waals surface area contributed by atoms with Gasteiger partial charge in [0.1, 0.15) is 5.54 Å². The van der Waals surface area contributed by atoms with Gasteiger partial charge >= 0.3 is 0 Å². The molecule has 0 bridgehead atoms. The van der Waals surface area contributed by atoms with E-state index in [-0.39, 0.29) is 11.2 Å². The van der Waals surface area contributed by atoms with Gasteiger partial charge in [-0.3, -0.25) is 14.3 Å². The van der Waals surface area contributed by atoms with Crippen LogP contribution < -0.4 is 0 Å². The maximum atomic E-state index is 13.2. The van der Waals surface area contributed by atoms with Crippen molar-refractivity contribution in [2.24, 2.45) is 0 Å². The van der Waals surface area contributed by atoms with Crippen LogP contribution in [0.25, 0.3) is 11.4 Å². The van der Waals surface area contributed by atoms with E-state index in [2.05, 4.69) is 25.8 Å². The Balaban J connectivity index is 1.54. The maximum Gasteiger partial charge on any atom is 0.236 e. The van der Waals surface area contributed by atoms with Crippen LogP contribution in [0.4, 0.5) is 0 Å². The molecule has 8 heteroatoms. The van der Waals surface area contributed by atoms with Gasteiger partial charge in [0.2, 0.25) is 5.91 Å². The predicted molar refractivity (Wildman–Crippen MR) is 111 cm³/mol. The van der Waals surface area contributed by atoms with E-state index in [1.165, 1.54) is 11.8 Å². The Hall–Kier alpha value is -2.40. The van der Waals surface area contributed by atoms with Crippen molar-refractivity contribution in [2.75, 3.05) is 7.05 Å². The molecule has 0 unspecified atom stereocenters. The minimum absolute atomic E-state index is 0.0216. The van der Waals surface area contributed by atoms with Gasteiger partial charge in [0.05, 0.1) is 11.3 Å². The molecule has 2 aromatic heterocycles. The second kappa shape index (κ2) is 8.15. The van der Waals surface area contributed by atoms with Crippen LogP contribution in [0.5, 0.6) is 0 Å². The average molecular weight is 411 g/mol. The highest BCUT2D eigenvalue weighted by atomic mass is 32.2. The number of pyridine rings is 1. The average Bonchev–Trinajstić information content (AvgIpc) is 3.53. The molecule has 0 saturated heterocycles. The van der Waals surface area contributed by atoms with E-state index in [1.54, 1.807) is 24.3 Å². The number of carbonyl (C=O) groups excluding carboxylic acids is 1. The van der Waals surface area contributed by atoms with Gasteiger partial charge in [-0.05, 0) is 44.7 Å². The lowest BCUT2D eigenvalue weighted by molar-refractivity contribution is -0.133. The van der Waals surface area contributed by atoms with Crippen molar-refractivity contribution in [3.63, 3.8) is 0 Å². The molecule has 0 aliphatic heterocycles. The third-order valence-corrected chi connectivity index (χ3v) is 7.03. The standard InChI is InChI=1S/C21H26N6OS/c1-15(19(28)26(2)21(14-22)10-4-3-5-11-21)29-20-25-24-18(27(20)17-8-9-17)16-7-6-12-23-13-16/h6-7,12-13,15,17H,3-5,8-11H2,1-2H3/t15-/m0/s1. The summed E-state index contributed by atoms with van der Waals surface area (Å²) >= 11 is 1.43. The molecule has 0 aromatic carbocycles. The van der Waals surface area contributed by atoms with Gasteiger partial charge in [-0.25, -0.2) is 0 Å². The van der Waals surface area contributed by atoms with Crippen molar-refractivity contribution >= 4 is 17.7 Å². The van der Waals surface area contributed by atoms with Gasteiger partial charge in [0.25, 0.3) is 0 Å². The van der Waals surface area contributed by atoms with Crippen LogP contribution in [0.15, 0.2) is 29.7 Å². The lowest BCUT2D eigenvalue weighted by Crippen LogP contribution is -2.52. The highest BCUT2D eigenvalue weighted by Crippen LogP contribution is 2.42. The summed E-state index contributed by atoms with van der Waals surface area (Å²) in [5, 5.41) is 19.0. The minimum atomic E-state index is -0.671. The molecule has 7 nitrogen and oxygen atoms in total. The van der Waals surface area contributed by atoms with Crippen LogP contribution >= 0.6 is 11.8 Å². The second-order valence-electron chi connectivity index (χ2n) is 8.01. The molecule has 0 N–H and O–H groups in total. The number of aromatic nitrogens is 4. The number of nitriles is 1. The Labute approximate surface area is 175 Å². The summed E-state index contributed by atoms with van der Waals surface area (Å²) in [4.78, 5) is 19.0. The van der Waals surface area contributed by atoms with Crippen LogP contribution in [0, 0.1) is 11.3 Å². The number of carbonyl (C=O) groups is 1. The van der Waals surface area contributed by atoms with Crippen LogP contribution in [0.3, 0.4) is 0 Å². The zero-order valence-corrected chi connectivity index (χ0v) is 17.7. The van der Waals surface area contributed by atoms with E-state index in [0.29, 0.717) is 6.04 Å². The van der Waals surface area contributed by atoms with E-state index in [9.17, 15) is 10.1 Å². The Morgan fingerprint density at radius 3 is 2.72 bits per heavy atom. The van der Waals surface area contributed by atoms with Crippen molar-refractivity contribution < 1.29 is 4.79 Å². The molecule has 4 rings (SSSR count). The van der Waals surface area contributed by atoms with Crippen molar-refractivity contribution in [3.05, 3.63) is 24.5 Å². The molecule has 2 aromatic rings. The molecule has 2 aliphatic carbocycles. The van der Waals surface area contributed by atoms with E-state index in [4.69, 9.17) is 0 Å². The summed E-state index contributed by atoms with van der Waals surface area (Å²) in [6.45, 7) is 1.90. The highest BCUT2D eigenvalue weighted by molar-refractivity contribution is 8.00. The van der Waals surface area contributed by atoms with E-state index < -0.39 is 5.54 Å². The number of thioether (sulfide) groups is 1. The summed E-state index contributed by atoms with van der Waals surface area (Å²) in [5.74, 6) is 0.781. The fourth-order valence-corrected chi connectivity index (χ4v) is 5.07. The smallest absolute Gasteiger partial charge is 0.236 e. The summed E-state index contributed by atoms with van der Waals surface area (Å²) in [5.41, 5.74) is 0.260. The molecule has 0 radical (unpaired) electrons. The third-order valence-electron chi connectivity index (χ3n) is 5.99. The Morgan fingerprint density at radius 2 is 2.10 bits per heavy atom. The summed E-state index contributed by atoms with van der Waals surface area (Å²) < 4.78 is 2.14. The van der Waals surface area contributed by atoms with Crippen molar-refractivity contribution in [3.8, 4) is 17.5 Å². The Morgan fingerprint density at radius 1 is 1.34 bits per heavy atom. The van der Waals surface area contributed by atoms with Gasteiger partial charge in [-0.1, -0.05) is 31.0 Å². The first kappa shape index (κ1) is 19.9. The Bertz CT molecular complexity index is 911. The molecule has 1 amide bonds. The zero-order chi connectivity index (χ0) is 20.4. The summed E-state index contributed by atoms with van der Waals surface area (Å²) in [6, 6.07) is 6.69. The highest BCUT2D eigenvalue weighted by Gasteiger charge is 2.41. The first-order valence-corrected chi connectivity index (χ1v) is 11.1. The molecule has 2 fully saturated rings. The number of nitrogens with zero attached hydrogens (tertiary/aromatic N) is 6. The number of rotatable bonds is 6. The molecule has 2 saturated carbocycles. The molecule has 152 valence electrons. The summed E-state index contributed by atoms with van der Waals surface area (Å²) in [6.07, 6.45) is 10.4. The topological polar surface area (TPSA) is 87.7 Å². The van der Waals surface area contributed by atoms with Crippen LogP contribution in [-0.2, 0) is 4.79 Å². The zero-order valence-electron chi connectivity index (χ0n) is 16.9. The van der Waals surface area contributed by atoms with Crippen molar-refractivity contribution in [1.29, 1.82) is 5.26 Å². The fourth-order valence-electron chi connectivity index (χ4n) is 4.06. The molecular formula is C21H26N6OS. The van der Waals surface area contributed by atoms with E-state index in [0.717, 1.165) is 61.5 Å². The number of hydrogen-bond acceptors (Lipinski definition) is 6. The van der Waals surface area contributed by atoms with Crippen molar-refractivity contribution in [2.45, 2.75) is 73.9 Å². The lowest BCUT2D eigenvalue weighted by atomic mass is 9.81. The lowest BCUT2D eigenvalue weighted by Gasteiger charge is -2.40. The van der Waals surface area contributed by atoms with E-state index >= 15 is 0 Å². The number of amides is 1. The Kier molecular flexibility index (Phi) is 5.59. The largest absolute Gasteiger partial charge is 0.326 e.